The number of carbonyl (C=O) groups excluding carboxylic acids is 4. The lowest BCUT2D eigenvalue weighted by Gasteiger charge is -2.21. The Labute approximate surface area is 596 Å². The Kier molecular flexibility index (Phi) is 69.3. The van der Waals surface area contributed by atoms with Gasteiger partial charge in [-0.2, -0.15) is 0 Å². The molecular formula is C79H142O17P2. The molecule has 0 fully saturated rings. The molecule has 0 aliphatic carbocycles. The highest BCUT2D eigenvalue weighted by molar-refractivity contribution is 7.47. The minimum atomic E-state index is -4.97. The molecule has 0 bridgehead atoms. The van der Waals surface area contributed by atoms with Crippen LogP contribution in [0.1, 0.15) is 349 Å². The van der Waals surface area contributed by atoms with Gasteiger partial charge < -0.3 is 33.8 Å². The Balaban J connectivity index is 5.29. The van der Waals surface area contributed by atoms with Crippen molar-refractivity contribution in [3.05, 3.63) is 72.9 Å². The quantitative estimate of drug-likeness (QED) is 0.0169. The van der Waals surface area contributed by atoms with Gasteiger partial charge in [-0.3, -0.25) is 37.3 Å². The maximum absolute atomic E-state index is 13.1. The van der Waals surface area contributed by atoms with Gasteiger partial charge in [-0.1, -0.05) is 287 Å². The molecule has 5 atom stereocenters. The summed E-state index contributed by atoms with van der Waals surface area (Å²) in [6.07, 6.45) is 71.7. The average molecular weight is 1430 g/mol. The fraction of sp³-hybridized carbons (Fsp3) is 0.797. The Bertz CT molecular complexity index is 2140. The molecule has 0 aliphatic heterocycles. The number of unbranched alkanes of at least 4 members (excludes halogenated alkanes) is 36. The van der Waals surface area contributed by atoms with Crippen molar-refractivity contribution in [2.45, 2.75) is 367 Å². The predicted molar refractivity (Wildman–Crippen MR) is 400 cm³/mol. The van der Waals surface area contributed by atoms with E-state index in [0.29, 0.717) is 25.7 Å². The van der Waals surface area contributed by atoms with Crippen molar-refractivity contribution in [2.75, 3.05) is 39.6 Å². The number of ether oxygens (including phenoxy) is 4. The zero-order chi connectivity index (χ0) is 71.8. The van der Waals surface area contributed by atoms with E-state index in [2.05, 4.69) is 101 Å². The lowest BCUT2D eigenvalue weighted by atomic mass is 10.0. The molecule has 0 aromatic rings. The van der Waals surface area contributed by atoms with E-state index in [9.17, 15) is 43.2 Å². The molecule has 0 saturated heterocycles. The van der Waals surface area contributed by atoms with Crippen LogP contribution in [0.25, 0.3) is 0 Å². The van der Waals surface area contributed by atoms with E-state index in [-0.39, 0.29) is 25.7 Å². The maximum atomic E-state index is 13.1. The molecule has 3 N–H and O–H groups in total. The highest BCUT2D eigenvalue weighted by Gasteiger charge is 2.30. The second kappa shape index (κ2) is 71.9. The first-order chi connectivity index (χ1) is 47.7. The van der Waals surface area contributed by atoms with Crippen molar-refractivity contribution in [1.82, 2.24) is 0 Å². The molecule has 0 aromatic carbocycles. The van der Waals surface area contributed by atoms with Crippen LogP contribution in [0.3, 0.4) is 0 Å². The van der Waals surface area contributed by atoms with Crippen LogP contribution in [0.2, 0.25) is 0 Å². The van der Waals surface area contributed by atoms with E-state index in [1.54, 1.807) is 0 Å². The second-order valence-corrected chi connectivity index (χ2v) is 29.2. The van der Waals surface area contributed by atoms with E-state index in [4.69, 9.17) is 37.0 Å². The van der Waals surface area contributed by atoms with Crippen LogP contribution in [0.5, 0.6) is 0 Å². The first-order valence-electron chi connectivity index (χ1n) is 39.2. The number of allylic oxidation sites excluding steroid dienone is 12. The lowest BCUT2D eigenvalue weighted by molar-refractivity contribution is -0.161. The average Bonchev–Trinajstić information content (AvgIpc) is 0.972. The number of esters is 4. The molecule has 5 unspecified atom stereocenters. The molecule has 0 spiro atoms. The first kappa shape index (κ1) is 94.5. The third kappa shape index (κ3) is 70.9. The summed E-state index contributed by atoms with van der Waals surface area (Å²) < 4.78 is 68.5. The number of aliphatic hydroxyl groups is 1. The normalized spacial score (nSPS) is 14.3. The van der Waals surface area contributed by atoms with Crippen LogP contribution < -0.4 is 0 Å². The molecular weight excluding hydrogens is 1280 g/mol. The summed E-state index contributed by atoms with van der Waals surface area (Å²) in [5, 5.41) is 10.6. The summed E-state index contributed by atoms with van der Waals surface area (Å²) in [5.41, 5.74) is 0. The maximum Gasteiger partial charge on any atom is 0.472 e. The van der Waals surface area contributed by atoms with Crippen LogP contribution in [-0.2, 0) is 65.4 Å². The van der Waals surface area contributed by atoms with E-state index in [1.165, 1.54) is 103 Å². The zero-order valence-electron chi connectivity index (χ0n) is 62.2. The lowest BCUT2D eigenvalue weighted by Crippen LogP contribution is -2.30. The number of carbonyl (C=O) groups is 4. The summed E-state index contributed by atoms with van der Waals surface area (Å²) in [5.74, 6) is -2.18. The summed E-state index contributed by atoms with van der Waals surface area (Å²) in [6.45, 7) is 4.73. The van der Waals surface area contributed by atoms with Crippen LogP contribution >= 0.6 is 15.6 Å². The molecule has 0 radical (unpaired) electrons. The molecule has 19 heteroatoms. The standard InChI is InChI=1S/C79H142O17P2/c1-5-9-13-17-21-25-29-32-34-35-36-37-39-42-45-48-52-56-60-64-77(82)90-70-75(96-79(84)66-62-58-54-50-46-40-31-27-23-19-15-11-7-3)72-94-98(87,88)92-68-73(80)67-91-97(85,86)93-71-74(95-78(83)65-61-57-53-49-43-28-24-20-16-12-8-4)69-89-76(81)63-59-55-51-47-44-41-38-33-30-26-22-18-14-10-6-2/h9,13,20-21,24-25,32-34,36-38,73-75,80H,5-8,10-12,14-19,22-23,26-31,35,39-72H2,1-4H3,(H,85,86)(H,87,88)/b13-9-,24-20-,25-21-,34-32-,37-36-,38-33-. The number of phosphoric acid groups is 2. The van der Waals surface area contributed by atoms with Gasteiger partial charge in [0.1, 0.15) is 19.3 Å². The van der Waals surface area contributed by atoms with Crippen LogP contribution in [0.15, 0.2) is 72.9 Å². The molecule has 0 rings (SSSR count). The number of hydrogen-bond donors (Lipinski definition) is 3. The molecule has 0 aromatic heterocycles. The summed E-state index contributed by atoms with van der Waals surface area (Å²) >= 11 is 0. The Morgan fingerprint density at radius 3 is 0.857 bits per heavy atom. The molecule has 17 nitrogen and oxygen atoms in total. The van der Waals surface area contributed by atoms with Gasteiger partial charge in [0.15, 0.2) is 12.2 Å². The topological polar surface area (TPSA) is 237 Å². The molecule has 0 saturated carbocycles. The largest absolute Gasteiger partial charge is 0.472 e. The highest BCUT2D eigenvalue weighted by atomic mass is 31.2. The van der Waals surface area contributed by atoms with E-state index < -0.39 is 97.5 Å². The monoisotopic (exact) mass is 1420 g/mol. The number of hydrogen-bond acceptors (Lipinski definition) is 15. The highest BCUT2D eigenvalue weighted by Crippen LogP contribution is 2.45. The smallest absolute Gasteiger partial charge is 0.462 e. The van der Waals surface area contributed by atoms with Crippen LogP contribution in [0.4, 0.5) is 0 Å². The summed E-state index contributed by atoms with van der Waals surface area (Å²) in [6, 6.07) is 0. The first-order valence-corrected chi connectivity index (χ1v) is 42.2. The van der Waals surface area contributed by atoms with Crippen molar-refractivity contribution in [1.29, 1.82) is 0 Å². The van der Waals surface area contributed by atoms with E-state index >= 15 is 0 Å². The fourth-order valence-electron chi connectivity index (χ4n) is 10.7. The molecule has 0 amide bonds. The minimum absolute atomic E-state index is 0.0862. The third-order valence-electron chi connectivity index (χ3n) is 16.7. The second-order valence-electron chi connectivity index (χ2n) is 26.3. The van der Waals surface area contributed by atoms with Gasteiger partial charge >= 0.3 is 39.5 Å². The predicted octanol–water partition coefficient (Wildman–Crippen LogP) is 22.4. The molecule has 570 valence electrons. The van der Waals surface area contributed by atoms with Crippen molar-refractivity contribution in [3.8, 4) is 0 Å². The van der Waals surface area contributed by atoms with Gasteiger partial charge in [-0.25, -0.2) is 9.13 Å². The Morgan fingerprint density at radius 1 is 0.296 bits per heavy atom. The summed E-state index contributed by atoms with van der Waals surface area (Å²) in [4.78, 5) is 72.8. The number of phosphoric ester groups is 2. The van der Waals surface area contributed by atoms with Gasteiger partial charge in [-0.05, 0) is 109 Å². The van der Waals surface area contributed by atoms with Crippen molar-refractivity contribution >= 4 is 39.5 Å². The van der Waals surface area contributed by atoms with Gasteiger partial charge in [0.2, 0.25) is 0 Å². The number of rotatable bonds is 74. The van der Waals surface area contributed by atoms with Gasteiger partial charge in [0.05, 0.1) is 26.4 Å². The molecule has 0 aliphatic rings. The van der Waals surface area contributed by atoms with Crippen LogP contribution in [-0.4, -0.2) is 96.7 Å². The Hall–Kier alpha value is -3.50. The summed E-state index contributed by atoms with van der Waals surface area (Å²) in [7, 11) is -9.94. The van der Waals surface area contributed by atoms with Gasteiger partial charge in [-0.15, -0.1) is 0 Å². The third-order valence-corrected chi connectivity index (χ3v) is 18.6. The van der Waals surface area contributed by atoms with Gasteiger partial charge in [0, 0.05) is 25.7 Å². The minimum Gasteiger partial charge on any atom is -0.462 e. The zero-order valence-corrected chi connectivity index (χ0v) is 64.0. The Morgan fingerprint density at radius 2 is 0.541 bits per heavy atom. The number of aliphatic hydroxyl groups excluding tert-OH is 1. The molecule has 0 heterocycles. The van der Waals surface area contributed by atoms with Crippen molar-refractivity contribution in [3.63, 3.8) is 0 Å². The van der Waals surface area contributed by atoms with E-state index in [1.807, 2.05) is 0 Å². The van der Waals surface area contributed by atoms with E-state index in [0.717, 1.165) is 167 Å². The van der Waals surface area contributed by atoms with Crippen molar-refractivity contribution < 1.29 is 80.2 Å². The van der Waals surface area contributed by atoms with Crippen LogP contribution in [0, 0.1) is 0 Å². The SMILES string of the molecule is CC/C=C\C/C=C\C/C=C\C/C=C\CCCCCCCCC(=O)OCC(COP(=O)(O)OCC(O)COP(=O)(O)OCC(COC(=O)CCCCCCC/C=C\CCCCCCCC)OC(=O)CCCCCCC/C=C\CCCC)OC(=O)CCCCCCCCCCCCCCC. The van der Waals surface area contributed by atoms with Gasteiger partial charge in [0.25, 0.3) is 0 Å². The fourth-order valence-corrected chi connectivity index (χ4v) is 12.2. The molecule has 98 heavy (non-hydrogen) atoms. The van der Waals surface area contributed by atoms with Crippen molar-refractivity contribution in [2.24, 2.45) is 0 Å².